The molecule has 1 heterocycles. The van der Waals surface area contributed by atoms with Gasteiger partial charge in [0.25, 0.3) is 0 Å². The molecule has 0 aromatic carbocycles. The lowest BCUT2D eigenvalue weighted by Crippen LogP contribution is -2.41. The van der Waals surface area contributed by atoms with E-state index in [2.05, 4.69) is 14.0 Å². The Balaban J connectivity index is 0.000000631. The summed E-state index contributed by atoms with van der Waals surface area (Å²) >= 11 is 0. The number of likely N-dealkylation sites (tertiary alicyclic amines) is 1. The third-order valence-electron chi connectivity index (χ3n) is 3.70. The fourth-order valence-electron chi connectivity index (χ4n) is 2.60. The summed E-state index contributed by atoms with van der Waals surface area (Å²) in [5.74, 6) is -1.08. The van der Waals surface area contributed by atoms with Crippen molar-refractivity contribution in [1.82, 2.24) is 0 Å². The summed E-state index contributed by atoms with van der Waals surface area (Å²) in [4.78, 5) is 8.89. The zero-order valence-electron chi connectivity index (χ0n) is 12.5. The Hall–Kier alpha value is -0.570. The Morgan fingerprint density at radius 2 is 1.50 bits per heavy atom. The lowest BCUT2D eigenvalue weighted by Gasteiger charge is -2.29. The number of nitrogens with zero attached hydrogens (tertiary/aromatic N) is 1. The van der Waals surface area contributed by atoms with Crippen LogP contribution < -0.4 is 5.11 Å². The summed E-state index contributed by atoms with van der Waals surface area (Å²) in [6, 6.07) is 0. The number of unbranched alkanes of at least 4 members (excludes halogenated alkanes) is 5. The van der Waals surface area contributed by atoms with Crippen molar-refractivity contribution in [2.45, 2.75) is 65.2 Å². The minimum Gasteiger partial charge on any atom is -0.550 e. The third-order valence-corrected chi connectivity index (χ3v) is 3.70. The smallest absolute Gasteiger partial charge is 0.0786 e. The number of carbonyl (C=O) groups excluding carboxylic acids is 1. The largest absolute Gasteiger partial charge is 0.550 e. The van der Waals surface area contributed by atoms with E-state index in [1.807, 2.05) is 0 Å². The van der Waals surface area contributed by atoms with E-state index in [4.69, 9.17) is 9.90 Å². The highest BCUT2D eigenvalue weighted by atomic mass is 16.4. The molecule has 0 aromatic heterocycles. The average Bonchev–Trinajstić information content (AvgIpc) is 2.70. The monoisotopic (exact) mass is 257 g/mol. The summed E-state index contributed by atoms with van der Waals surface area (Å²) in [6.45, 7) is 7.58. The van der Waals surface area contributed by atoms with Crippen molar-refractivity contribution in [2.24, 2.45) is 0 Å². The first-order chi connectivity index (χ1) is 8.50. The first-order valence-electron chi connectivity index (χ1n) is 7.51. The topological polar surface area (TPSA) is 40.1 Å². The Bertz CT molecular complexity index is 207. The van der Waals surface area contributed by atoms with E-state index in [9.17, 15) is 0 Å². The van der Waals surface area contributed by atoms with Crippen molar-refractivity contribution in [3.8, 4) is 0 Å². The first kappa shape index (κ1) is 17.4. The molecule has 108 valence electrons. The van der Waals surface area contributed by atoms with Crippen LogP contribution in [0, 0.1) is 0 Å². The normalized spacial score (nSPS) is 17.1. The molecule has 3 nitrogen and oxygen atoms in total. The summed E-state index contributed by atoms with van der Waals surface area (Å²) < 4.78 is 1.37. The van der Waals surface area contributed by atoms with Crippen LogP contribution in [0.3, 0.4) is 0 Å². The number of hydrogen-bond acceptors (Lipinski definition) is 2. The zero-order chi connectivity index (χ0) is 13.9. The van der Waals surface area contributed by atoms with Gasteiger partial charge >= 0.3 is 0 Å². The van der Waals surface area contributed by atoms with Crippen LogP contribution >= 0.6 is 0 Å². The van der Waals surface area contributed by atoms with Crippen molar-refractivity contribution >= 4 is 5.97 Å². The molecule has 0 atom stereocenters. The molecule has 0 aromatic rings. The van der Waals surface area contributed by atoms with Crippen molar-refractivity contribution in [3.63, 3.8) is 0 Å². The number of carbonyl (C=O) groups is 1. The highest BCUT2D eigenvalue weighted by Crippen LogP contribution is 2.17. The molecule has 18 heavy (non-hydrogen) atoms. The predicted molar refractivity (Wildman–Crippen MR) is 74.1 cm³/mol. The highest BCUT2D eigenvalue weighted by Gasteiger charge is 2.25. The zero-order valence-corrected chi connectivity index (χ0v) is 12.5. The van der Waals surface area contributed by atoms with Crippen LogP contribution in [0.2, 0.25) is 0 Å². The maximum atomic E-state index is 8.89. The molecule has 0 bridgehead atoms. The van der Waals surface area contributed by atoms with Gasteiger partial charge in [-0.3, -0.25) is 0 Å². The van der Waals surface area contributed by atoms with Gasteiger partial charge in [-0.05, 0) is 19.8 Å². The molecule has 0 saturated carbocycles. The Morgan fingerprint density at radius 3 is 2.00 bits per heavy atom. The van der Waals surface area contributed by atoms with Crippen LogP contribution in [-0.2, 0) is 4.79 Å². The molecule has 1 aliphatic heterocycles. The lowest BCUT2D eigenvalue weighted by molar-refractivity contribution is -0.897. The van der Waals surface area contributed by atoms with E-state index in [0.29, 0.717) is 0 Å². The van der Waals surface area contributed by atoms with Gasteiger partial charge in [-0.2, -0.15) is 0 Å². The van der Waals surface area contributed by atoms with Gasteiger partial charge in [0.05, 0.1) is 26.7 Å². The van der Waals surface area contributed by atoms with Gasteiger partial charge in [0.2, 0.25) is 0 Å². The molecule has 3 heteroatoms. The maximum Gasteiger partial charge on any atom is 0.0786 e. The van der Waals surface area contributed by atoms with Crippen LogP contribution in [-0.4, -0.2) is 37.1 Å². The van der Waals surface area contributed by atoms with Gasteiger partial charge in [0.1, 0.15) is 0 Å². The molecule has 0 unspecified atom stereocenters. The van der Waals surface area contributed by atoms with Gasteiger partial charge in [0, 0.05) is 18.8 Å². The van der Waals surface area contributed by atoms with Crippen LogP contribution in [0.5, 0.6) is 0 Å². The van der Waals surface area contributed by atoms with Crippen molar-refractivity contribution in [3.05, 3.63) is 0 Å². The molecule has 0 N–H and O–H groups in total. The maximum absolute atomic E-state index is 8.89. The van der Waals surface area contributed by atoms with Crippen LogP contribution in [0.1, 0.15) is 65.2 Å². The molecule has 1 rings (SSSR count). The Labute approximate surface area is 113 Å². The summed E-state index contributed by atoms with van der Waals surface area (Å²) in [5.41, 5.74) is 0. The minimum atomic E-state index is -1.08. The standard InChI is InChI=1S/C13H28N.C2H4O2/c1-3-4-5-6-7-8-11-14(2)12-9-10-13-14;1-2(3)4/h3-13H2,1-2H3;1H3,(H,3,4)/q+1;/p-1. The molecular formula is C15H31NO2. The minimum absolute atomic E-state index is 0.972. The van der Waals surface area contributed by atoms with Crippen molar-refractivity contribution in [2.75, 3.05) is 26.7 Å². The molecule has 0 amide bonds. The van der Waals surface area contributed by atoms with Gasteiger partial charge in [-0.25, -0.2) is 0 Å². The lowest BCUT2D eigenvalue weighted by atomic mass is 10.1. The van der Waals surface area contributed by atoms with E-state index in [0.717, 1.165) is 6.92 Å². The fourth-order valence-corrected chi connectivity index (χ4v) is 2.60. The van der Waals surface area contributed by atoms with E-state index in [1.165, 1.54) is 75.5 Å². The van der Waals surface area contributed by atoms with E-state index in [-0.39, 0.29) is 0 Å². The number of quaternary nitrogens is 1. The van der Waals surface area contributed by atoms with Crippen LogP contribution in [0.15, 0.2) is 0 Å². The fraction of sp³-hybridized carbons (Fsp3) is 0.933. The Kier molecular flexibility index (Phi) is 10.0. The molecular weight excluding hydrogens is 226 g/mol. The molecule has 0 radical (unpaired) electrons. The van der Waals surface area contributed by atoms with Crippen LogP contribution in [0.4, 0.5) is 0 Å². The van der Waals surface area contributed by atoms with E-state index in [1.54, 1.807) is 0 Å². The summed E-state index contributed by atoms with van der Waals surface area (Å²) in [5, 5.41) is 8.89. The number of carboxylic acid groups (broad SMARTS) is 1. The van der Waals surface area contributed by atoms with Crippen molar-refractivity contribution in [1.29, 1.82) is 0 Å². The number of aliphatic carboxylic acids is 1. The first-order valence-corrected chi connectivity index (χ1v) is 7.51. The SMILES string of the molecule is CC(=O)[O-].CCCCCCCC[N+]1(C)CCCC1. The summed E-state index contributed by atoms with van der Waals surface area (Å²) in [6.07, 6.45) is 11.6. The van der Waals surface area contributed by atoms with E-state index < -0.39 is 5.97 Å². The Morgan fingerprint density at radius 1 is 1.06 bits per heavy atom. The van der Waals surface area contributed by atoms with Gasteiger partial charge < -0.3 is 14.4 Å². The molecule has 1 fully saturated rings. The highest BCUT2D eigenvalue weighted by molar-refractivity contribution is 5.60. The second kappa shape index (κ2) is 10.4. The number of carboxylic acids is 1. The van der Waals surface area contributed by atoms with Gasteiger partial charge in [-0.1, -0.05) is 32.6 Å². The van der Waals surface area contributed by atoms with E-state index >= 15 is 0 Å². The molecule has 1 aliphatic rings. The second-order valence-corrected chi connectivity index (χ2v) is 5.76. The molecule has 0 spiro atoms. The number of hydrogen-bond donors (Lipinski definition) is 0. The van der Waals surface area contributed by atoms with Gasteiger partial charge in [0.15, 0.2) is 0 Å². The summed E-state index contributed by atoms with van der Waals surface area (Å²) in [7, 11) is 2.44. The van der Waals surface area contributed by atoms with Crippen molar-refractivity contribution < 1.29 is 14.4 Å². The van der Waals surface area contributed by atoms with Gasteiger partial charge in [-0.15, -0.1) is 0 Å². The molecule has 0 aliphatic carbocycles. The third kappa shape index (κ3) is 10.6. The quantitative estimate of drug-likeness (QED) is 0.519. The predicted octanol–water partition coefficient (Wildman–Crippen LogP) is 2.34. The molecule has 1 saturated heterocycles. The average molecular weight is 257 g/mol. The second-order valence-electron chi connectivity index (χ2n) is 5.76. The number of rotatable bonds is 7. The van der Waals surface area contributed by atoms with Crippen LogP contribution in [0.25, 0.3) is 0 Å².